The van der Waals surface area contributed by atoms with Crippen LogP contribution in [0.25, 0.3) is 0 Å². The van der Waals surface area contributed by atoms with Crippen molar-refractivity contribution in [2.24, 2.45) is 0 Å². The predicted octanol–water partition coefficient (Wildman–Crippen LogP) is 1.53. The molecule has 8 heteroatoms. The number of carbonyl (C=O) groups excluding carboxylic acids is 1. The van der Waals surface area contributed by atoms with E-state index in [1.54, 1.807) is 36.3 Å². The zero-order chi connectivity index (χ0) is 18.2. The van der Waals surface area contributed by atoms with Crippen molar-refractivity contribution in [3.8, 4) is 0 Å². The second-order valence-electron chi connectivity index (χ2n) is 6.53. The zero-order valence-electron chi connectivity index (χ0n) is 14.6. The maximum Gasteiger partial charge on any atom is 0.272 e. The summed E-state index contributed by atoms with van der Waals surface area (Å²) in [6, 6.07) is 5.12. The van der Waals surface area contributed by atoms with Crippen molar-refractivity contribution >= 4 is 15.7 Å². The van der Waals surface area contributed by atoms with Crippen LogP contribution >= 0.6 is 0 Å². The summed E-state index contributed by atoms with van der Waals surface area (Å²) >= 11 is 0. The number of hydrogen-bond donors (Lipinski definition) is 0. The number of amides is 1. The van der Waals surface area contributed by atoms with Crippen LogP contribution < -0.4 is 0 Å². The minimum Gasteiger partial charge on any atom is -0.336 e. The Morgan fingerprint density at radius 2 is 2.12 bits per heavy atom. The number of carbonyl (C=O) groups is 1. The fraction of sp³-hybridized carbons (Fsp3) is 0.471. The SMILES string of the molecule is Cc1nn([C@H]2CCS(=O)(=O)C2)c(C)c1CN(C)C(=O)c1ccccn1. The van der Waals surface area contributed by atoms with Crippen LogP contribution in [0.2, 0.25) is 0 Å². The minimum absolute atomic E-state index is 0.116. The maximum absolute atomic E-state index is 12.5. The Bertz CT molecular complexity index is 890. The van der Waals surface area contributed by atoms with E-state index in [1.165, 1.54) is 0 Å². The summed E-state index contributed by atoms with van der Waals surface area (Å²) in [5, 5.41) is 4.54. The number of aryl methyl sites for hydroxylation is 1. The molecule has 0 unspecified atom stereocenters. The van der Waals surface area contributed by atoms with Gasteiger partial charge in [-0.15, -0.1) is 0 Å². The molecule has 25 heavy (non-hydrogen) atoms. The lowest BCUT2D eigenvalue weighted by atomic mass is 10.1. The molecule has 1 fully saturated rings. The molecule has 0 N–H and O–H groups in total. The molecule has 134 valence electrons. The van der Waals surface area contributed by atoms with E-state index in [4.69, 9.17) is 0 Å². The average Bonchev–Trinajstić information content (AvgIpc) is 3.08. The second kappa shape index (κ2) is 6.59. The Morgan fingerprint density at radius 3 is 2.72 bits per heavy atom. The van der Waals surface area contributed by atoms with Crippen molar-refractivity contribution in [1.29, 1.82) is 0 Å². The van der Waals surface area contributed by atoms with Gasteiger partial charge in [-0.1, -0.05) is 6.07 Å². The molecule has 2 aromatic rings. The smallest absolute Gasteiger partial charge is 0.272 e. The standard InChI is InChI=1S/C17H22N4O3S/c1-12-15(10-20(3)17(22)16-6-4-5-8-18-16)13(2)21(19-12)14-7-9-25(23,24)11-14/h4-6,8,14H,7,9-11H2,1-3H3/t14-/m0/s1. The Morgan fingerprint density at radius 1 is 1.36 bits per heavy atom. The highest BCUT2D eigenvalue weighted by molar-refractivity contribution is 7.91. The van der Waals surface area contributed by atoms with Gasteiger partial charge < -0.3 is 4.90 Å². The van der Waals surface area contributed by atoms with Crippen molar-refractivity contribution in [2.75, 3.05) is 18.6 Å². The van der Waals surface area contributed by atoms with Gasteiger partial charge in [0.1, 0.15) is 5.69 Å². The van der Waals surface area contributed by atoms with Crippen molar-refractivity contribution in [1.82, 2.24) is 19.7 Å². The molecule has 3 rings (SSSR count). The fourth-order valence-electron chi connectivity index (χ4n) is 3.24. The van der Waals surface area contributed by atoms with E-state index < -0.39 is 9.84 Å². The quantitative estimate of drug-likeness (QED) is 0.823. The summed E-state index contributed by atoms with van der Waals surface area (Å²) < 4.78 is 25.3. The van der Waals surface area contributed by atoms with Crippen LogP contribution in [0.15, 0.2) is 24.4 Å². The summed E-state index contributed by atoms with van der Waals surface area (Å²) in [6.07, 6.45) is 2.18. The molecule has 0 aromatic carbocycles. The number of aromatic nitrogens is 3. The van der Waals surface area contributed by atoms with E-state index in [0.717, 1.165) is 17.0 Å². The van der Waals surface area contributed by atoms with Crippen LogP contribution in [0.5, 0.6) is 0 Å². The van der Waals surface area contributed by atoms with E-state index in [2.05, 4.69) is 10.1 Å². The van der Waals surface area contributed by atoms with Crippen LogP contribution in [0.4, 0.5) is 0 Å². The molecule has 0 aliphatic carbocycles. The minimum atomic E-state index is -2.97. The Hall–Kier alpha value is -2.22. The van der Waals surface area contributed by atoms with Crippen molar-refractivity contribution < 1.29 is 13.2 Å². The summed E-state index contributed by atoms with van der Waals surface area (Å²) in [5.41, 5.74) is 3.09. The summed E-state index contributed by atoms with van der Waals surface area (Å²) in [6.45, 7) is 4.23. The first-order valence-corrected chi connectivity index (χ1v) is 10.0. The van der Waals surface area contributed by atoms with Gasteiger partial charge in [-0.25, -0.2) is 8.42 Å². The number of pyridine rings is 1. The third-order valence-corrected chi connectivity index (χ3v) is 6.41. The van der Waals surface area contributed by atoms with Gasteiger partial charge in [-0.2, -0.15) is 5.10 Å². The first-order chi connectivity index (χ1) is 11.8. The largest absolute Gasteiger partial charge is 0.336 e. The van der Waals surface area contributed by atoms with E-state index in [1.807, 2.05) is 18.5 Å². The number of sulfone groups is 1. The lowest BCUT2D eigenvalue weighted by Gasteiger charge is -2.17. The Kier molecular flexibility index (Phi) is 4.64. The van der Waals surface area contributed by atoms with Crippen LogP contribution in [0, 0.1) is 13.8 Å². The van der Waals surface area contributed by atoms with Gasteiger partial charge in [0.25, 0.3) is 5.91 Å². The molecule has 1 aliphatic rings. The molecule has 3 heterocycles. The van der Waals surface area contributed by atoms with Gasteiger partial charge in [0, 0.05) is 31.0 Å². The summed E-state index contributed by atoms with van der Waals surface area (Å²) in [7, 11) is -1.24. The molecule has 1 amide bonds. The van der Waals surface area contributed by atoms with Crippen LogP contribution in [-0.4, -0.2) is 52.5 Å². The topological polar surface area (TPSA) is 85.2 Å². The number of nitrogens with zero attached hydrogens (tertiary/aromatic N) is 4. The molecule has 0 spiro atoms. The number of hydrogen-bond acceptors (Lipinski definition) is 5. The first kappa shape index (κ1) is 17.6. The predicted molar refractivity (Wildman–Crippen MR) is 94.0 cm³/mol. The zero-order valence-corrected chi connectivity index (χ0v) is 15.5. The molecule has 1 aliphatic heterocycles. The molecule has 0 bridgehead atoms. The molecule has 0 saturated carbocycles. The Labute approximate surface area is 147 Å². The molecular formula is C17H22N4O3S. The molecule has 1 atom stereocenters. The Balaban J connectivity index is 1.80. The fourth-order valence-corrected chi connectivity index (χ4v) is 4.94. The van der Waals surface area contributed by atoms with Crippen LogP contribution in [0.3, 0.4) is 0 Å². The average molecular weight is 362 g/mol. The highest BCUT2D eigenvalue weighted by Crippen LogP contribution is 2.27. The second-order valence-corrected chi connectivity index (χ2v) is 8.76. The lowest BCUT2D eigenvalue weighted by molar-refractivity contribution is 0.0779. The van der Waals surface area contributed by atoms with Crippen molar-refractivity contribution in [3.63, 3.8) is 0 Å². The monoisotopic (exact) mass is 362 g/mol. The van der Waals surface area contributed by atoms with E-state index in [0.29, 0.717) is 18.7 Å². The molecule has 7 nitrogen and oxygen atoms in total. The summed E-state index contributed by atoms with van der Waals surface area (Å²) in [5.74, 6) is 0.191. The molecule has 2 aromatic heterocycles. The highest BCUT2D eigenvalue weighted by Gasteiger charge is 2.31. The molecule has 1 saturated heterocycles. The number of rotatable bonds is 4. The van der Waals surface area contributed by atoms with Gasteiger partial charge in [-0.3, -0.25) is 14.5 Å². The van der Waals surface area contributed by atoms with Crippen molar-refractivity contribution in [3.05, 3.63) is 47.0 Å². The van der Waals surface area contributed by atoms with Gasteiger partial charge in [0.2, 0.25) is 0 Å². The lowest BCUT2D eigenvalue weighted by Crippen LogP contribution is -2.27. The van der Waals surface area contributed by atoms with Crippen LogP contribution in [-0.2, 0) is 16.4 Å². The van der Waals surface area contributed by atoms with Gasteiger partial charge in [-0.05, 0) is 32.4 Å². The third-order valence-electron chi connectivity index (χ3n) is 4.66. The molecular weight excluding hydrogens is 340 g/mol. The van der Waals surface area contributed by atoms with Gasteiger partial charge >= 0.3 is 0 Å². The van der Waals surface area contributed by atoms with E-state index in [9.17, 15) is 13.2 Å². The summed E-state index contributed by atoms with van der Waals surface area (Å²) in [4.78, 5) is 18.2. The molecule has 0 radical (unpaired) electrons. The van der Waals surface area contributed by atoms with Gasteiger partial charge in [0.15, 0.2) is 9.84 Å². The van der Waals surface area contributed by atoms with Crippen LogP contribution in [0.1, 0.15) is 39.9 Å². The first-order valence-electron chi connectivity index (χ1n) is 8.20. The highest BCUT2D eigenvalue weighted by atomic mass is 32.2. The normalized spacial score (nSPS) is 19.1. The third kappa shape index (κ3) is 3.58. The maximum atomic E-state index is 12.5. The van der Waals surface area contributed by atoms with E-state index >= 15 is 0 Å². The van der Waals surface area contributed by atoms with Crippen molar-refractivity contribution in [2.45, 2.75) is 32.9 Å². The van der Waals surface area contributed by atoms with E-state index in [-0.39, 0.29) is 23.5 Å². The van der Waals surface area contributed by atoms with Gasteiger partial charge in [0.05, 0.1) is 23.2 Å².